The van der Waals surface area contributed by atoms with Crippen LogP contribution in [0.1, 0.15) is 96.1 Å². The van der Waals surface area contributed by atoms with Crippen molar-refractivity contribution < 1.29 is 46.1 Å². The molecule has 4 aromatic rings. The number of fused-ring (bicyclic) bond motifs is 3. The minimum absolute atomic E-state index is 0. The Bertz CT molecular complexity index is 1680. The summed E-state index contributed by atoms with van der Waals surface area (Å²) in [4.78, 5) is 0. The van der Waals surface area contributed by atoms with Gasteiger partial charge in [0.25, 0.3) is 0 Å². The summed E-state index contributed by atoms with van der Waals surface area (Å²) < 4.78 is 3.75. The topological polar surface area (TPSA) is 0 Å². The van der Waals surface area contributed by atoms with Crippen LogP contribution in [0, 0.1) is 13.8 Å². The maximum Gasteiger partial charge on any atom is -1.00 e. The molecule has 226 valence electrons. The predicted octanol–water partition coefficient (Wildman–Crippen LogP) is 4.71. The van der Waals surface area contributed by atoms with E-state index in [9.17, 15) is 0 Å². The van der Waals surface area contributed by atoms with E-state index in [-0.39, 0.29) is 35.6 Å². The Labute approximate surface area is 285 Å². The number of benzene rings is 4. The van der Waals surface area contributed by atoms with Gasteiger partial charge in [-0.3, -0.25) is 0 Å². The van der Waals surface area contributed by atoms with E-state index in [4.69, 9.17) is 0 Å². The van der Waals surface area contributed by atoms with Crippen molar-refractivity contribution in [3.8, 4) is 11.1 Å². The van der Waals surface area contributed by atoms with Crippen molar-refractivity contribution in [2.75, 3.05) is 0 Å². The van der Waals surface area contributed by atoms with E-state index in [1.54, 1.807) is 17.6 Å². The van der Waals surface area contributed by atoms with Crippen LogP contribution in [0.15, 0.2) is 106 Å². The van der Waals surface area contributed by atoms with Crippen molar-refractivity contribution >= 4 is 3.21 Å². The largest absolute Gasteiger partial charge is 1.00 e. The van der Waals surface area contributed by atoms with Crippen LogP contribution in [0.3, 0.4) is 0 Å². The van der Waals surface area contributed by atoms with Crippen LogP contribution < -0.4 is 24.8 Å². The molecule has 0 N–H and O–H groups in total. The molecule has 4 aromatic carbocycles. The minimum Gasteiger partial charge on any atom is -1.00 e. The van der Waals surface area contributed by atoms with Gasteiger partial charge in [0.1, 0.15) is 0 Å². The molecule has 44 heavy (non-hydrogen) atoms. The smallest absolute Gasteiger partial charge is 1.00 e. The molecule has 0 saturated carbocycles. The number of hydrogen-bond donors (Lipinski definition) is 0. The maximum atomic E-state index is 2.59. The molecule has 0 spiro atoms. The average molecular weight is 699 g/mol. The van der Waals surface area contributed by atoms with Gasteiger partial charge >= 0.3 is 263 Å². The van der Waals surface area contributed by atoms with Crippen LogP contribution in [0.5, 0.6) is 0 Å². The van der Waals surface area contributed by atoms with Crippen LogP contribution in [0.4, 0.5) is 0 Å². The zero-order chi connectivity index (χ0) is 29.8. The second-order valence-electron chi connectivity index (χ2n) is 14.4. The van der Waals surface area contributed by atoms with Crippen molar-refractivity contribution in [2.45, 2.75) is 76.3 Å². The molecule has 2 aliphatic carbocycles. The van der Waals surface area contributed by atoms with Crippen molar-refractivity contribution in [3.05, 3.63) is 151 Å². The fourth-order valence-corrected chi connectivity index (χ4v) is 15.6. The Balaban J connectivity index is 0.00000221. The molecule has 2 aliphatic rings. The van der Waals surface area contributed by atoms with Crippen molar-refractivity contribution in [1.82, 2.24) is 0 Å². The predicted molar refractivity (Wildman–Crippen MR) is 179 cm³/mol. The third-order valence-electron chi connectivity index (χ3n) is 9.04. The average Bonchev–Trinajstić information content (AvgIpc) is 3.57. The first-order valence-corrected chi connectivity index (χ1v) is 19.3. The van der Waals surface area contributed by atoms with Crippen LogP contribution >= 0.6 is 0 Å². The summed E-state index contributed by atoms with van der Waals surface area (Å²) >= 11 is -2.71. The Morgan fingerprint density at radius 2 is 1.11 bits per heavy atom. The zero-order valence-corrected chi connectivity index (χ0v) is 31.3. The van der Waals surface area contributed by atoms with Gasteiger partial charge in [-0.15, -0.1) is 0 Å². The van der Waals surface area contributed by atoms with Crippen LogP contribution in [0.2, 0.25) is 0 Å². The summed E-state index contributed by atoms with van der Waals surface area (Å²) in [6.45, 7) is 18.6. The van der Waals surface area contributed by atoms with Gasteiger partial charge in [0.05, 0.1) is 0 Å². The summed E-state index contributed by atoms with van der Waals surface area (Å²) in [6, 6.07) is 33.4. The van der Waals surface area contributed by atoms with Crippen molar-refractivity contribution in [3.63, 3.8) is 0 Å². The van der Waals surface area contributed by atoms with Crippen molar-refractivity contribution in [2.24, 2.45) is 0 Å². The van der Waals surface area contributed by atoms with Gasteiger partial charge in [-0.1, -0.05) is 0 Å². The van der Waals surface area contributed by atoms with E-state index in [1.807, 2.05) is 0 Å². The van der Waals surface area contributed by atoms with E-state index < -0.39 is 21.3 Å². The van der Waals surface area contributed by atoms with E-state index in [2.05, 4.69) is 159 Å². The Hall–Kier alpha value is -2.31. The van der Waals surface area contributed by atoms with Gasteiger partial charge in [0.15, 0.2) is 0 Å². The summed E-state index contributed by atoms with van der Waals surface area (Å²) in [5, 5.41) is 0. The SMILES string of the molecule is Cc1cccc([C](c2cccc(C)c2)=[Zr+2]([C]2=CC=CC2)[CH]2c3cc(C(C)(C)C)ccc3-c3ccc(C(C)(C)C)cc32)c1.[Cl-].[Cl-]. The maximum absolute atomic E-state index is 2.71. The van der Waals surface area contributed by atoms with Crippen LogP contribution in [-0.4, -0.2) is 3.21 Å². The first kappa shape index (κ1) is 34.6. The molecule has 0 aromatic heterocycles. The van der Waals surface area contributed by atoms with Gasteiger partial charge in [0.2, 0.25) is 0 Å². The molecule has 0 radical (unpaired) electrons. The van der Waals surface area contributed by atoms with Gasteiger partial charge in [0, 0.05) is 0 Å². The number of rotatable bonds is 4. The summed E-state index contributed by atoms with van der Waals surface area (Å²) in [5.41, 5.74) is 14.6. The summed E-state index contributed by atoms with van der Waals surface area (Å²) in [5.74, 6) is 0. The molecule has 0 bridgehead atoms. The Morgan fingerprint density at radius 3 is 1.50 bits per heavy atom. The van der Waals surface area contributed by atoms with Gasteiger partial charge < -0.3 is 24.8 Å². The Morgan fingerprint density at radius 1 is 0.636 bits per heavy atom. The second kappa shape index (κ2) is 13.2. The fourth-order valence-electron chi connectivity index (χ4n) is 6.72. The number of allylic oxidation sites excluding steroid dienone is 4. The van der Waals surface area contributed by atoms with E-state index in [1.165, 1.54) is 44.5 Å². The standard InChI is InChI=1S/C21H25.C15H14.C5H5.2ClH.Zr/c1-20(2,3)16-7-9-18-14(12-16)11-15-13-17(21(4,5)6)8-10-19(15)18;1-12-5-3-7-14(9-12)11-15-8-4-6-13(2)10-15;1-2-4-5-3-1;;;/h7-13H,1-6H3;3-10H,1-2H3;1-3H,4H2;2*1H;/q;;;;;+2/p-2. The monoisotopic (exact) mass is 696 g/mol. The third kappa shape index (κ3) is 6.63. The number of hydrogen-bond acceptors (Lipinski definition) is 0. The number of aryl methyl sites for hydroxylation is 2. The first-order valence-electron chi connectivity index (χ1n) is 15.5. The quantitative estimate of drug-likeness (QED) is 0.290. The molecule has 0 unspecified atom stereocenters. The molecule has 0 heterocycles. The third-order valence-corrected chi connectivity index (χ3v) is 17.3. The summed E-state index contributed by atoms with van der Waals surface area (Å²) in [6.07, 6.45) is 8.26. The second-order valence-corrected chi connectivity index (χ2v) is 20.6. The van der Waals surface area contributed by atoms with Gasteiger partial charge in [-0.2, -0.15) is 0 Å². The molecule has 0 aliphatic heterocycles. The molecule has 0 fully saturated rings. The van der Waals surface area contributed by atoms with Gasteiger partial charge in [-0.05, 0) is 0 Å². The Kier molecular flexibility index (Phi) is 10.4. The molecule has 0 nitrogen and oxygen atoms in total. The molecule has 0 amide bonds. The van der Waals surface area contributed by atoms with Crippen LogP contribution in [-0.2, 0) is 32.1 Å². The van der Waals surface area contributed by atoms with Crippen molar-refractivity contribution in [1.29, 1.82) is 0 Å². The van der Waals surface area contributed by atoms with E-state index >= 15 is 0 Å². The molecule has 3 heteroatoms. The molecule has 0 atom stereocenters. The molecule has 0 saturated heterocycles. The summed E-state index contributed by atoms with van der Waals surface area (Å²) in [7, 11) is 0. The van der Waals surface area contributed by atoms with E-state index in [0.717, 1.165) is 6.42 Å². The van der Waals surface area contributed by atoms with E-state index in [0.29, 0.717) is 3.63 Å². The fraction of sp³-hybridized carbons (Fsp3) is 0.293. The first-order chi connectivity index (χ1) is 19.9. The minimum atomic E-state index is -2.71. The zero-order valence-electron chi connectivity index (χ0n) is 27.4. The number of halogens is 2. The van der Waals surface area contributed by atoms with Gasteiger partial charge in [-0.25, -0.2) is 0 Å². The normalized spacial score (nSPS) is 13.7. The molecular weight excluding hydrogens is 655 g/mol. The molecule has 6 rings (SSSR count). The molecular formula is C41H44Cl2Zr. The van der Waals surface area contributed by atoms with Crippen LogP contribution in [0.25, 0.3) is 11.1 Å².